The van der Waals surface area contributed by atoms with Crippen LogP contribution in [0.4, 0.5) is 8.78 Å². The predicted molar refractivity (Wildman–Crippen MR) is 127 cm³/mol. The van der Waals surface area contributed by atoms with E-state index in [0.29, 0.717) is 29.2 Å². The zero-order valence-electron chi connectivity index (χ0n) is 19.9. The molecule has 35 heavy (non-hydrogen) atoms. The van der Waals surface area contributed by atoms with Gasteiger partial charge < -0.3 is 19.1 Å². The molecule has 5 rings (SSSR count). The number of likely N-dealkylation sites (tertiary alicyclic amines) is 1. The van der Waals surface area contributed by atoms with E-state index in [0.717, 1.165) is 44.5 Å². The lowest BCUT2D eigenvalue weighted by Crippen LogP contribution is -2.35. The summed E-state index contributed by atoms with van der Waals surface area (Å²) in [7, 11) is 3.52. The van der Waals surface area contributed by atoms with E-state index in [4.69, 9.17) is 14.2 Å². The summed E-state index contributed by atoms with van der Waals surface area (Å²) in [5.41, 5.74) is 1.93. The van der Waals surface area contributed by atoms with Crippen LogP contribution in [0.3, 0.4) is 0 Å². The first kappa shape index (κ1) is 23.5. The van der Waals surface area contributed by atoms with Gasteiger partial charge in [0.2, 0.25) is 0 Å². The number of carbonyl (C=O) groups excluding carboxylic acids is 1. The van der Waals surface area contributed by atoms with Crippen LogP contribution in [-0.2, 0) is 0 Å². The van der Waals surface area contributed by atoms with Crippen LogP contribution in [0, 0.1) is 5.92 Å². The Morgan fingerprint density at radius 3 is 2.57 bits per heavy atom. The Hall–Kier alpha value is -3.20. The molecule has 1 aliphatic carbocycles. The first-order valence-electron chi connectivity index (χ1n) is 11.9. The molecule has 3 heterocycles. The maximum atomic E-state index is 13.3. The Labute approximate surface area is 202 Å². The van der Waals surface area contributed by atoms with Gasteiger partial charge >= 0.3 is 6.61 Å². The largest absolute Gasteiger partial charge is 0.496 e. The number of Topliss-reactive ketones (excluding diaryl/α,β-unsaturated/α-hetero) is 1. The van der Waals surface area contributed by atoms with Crippen molar-refractivity contribution in [3.05, 3.63) is 42.2 Å². The van der Waals surface area contributed by atoms with Crippen LogP contribution in [0.25, 0.3) is 16.9 Å². The van der Waals surface area contributed by atoms with E-state index in [1.165, 1.54) is 13.2 Å². The Balaban J connectivity index is 1.46. The second-order valence-corrected chi connectivity index (χ2v) is 9.36. The minimum absolute atomic E-state index is 0.0612. The van der Waals surface area contributed by atoms with Crippen molar-refractivity contribution < 1.29 is 27.8 Å². The van der Waals surface area contributed by atoms with Crippen molar-refractivity contribution in [1.29, 1.82) is 0 Å². The number of rotatable bonds is 9. The van der Waals surface area contributed by atoms with Gasteiger partial charge in [0, 0.05) is 37.3 Å². The third-order valence-corrected chi connectivity index (χ3v) is 6.70. The van der Waals surface area contributed by atoms with Gasteiger partial charge in [-0.25, -0.2) is 4.98 Å². The van der Waals surface area contributed by atoms with Gasteiger partial charge in [-0.3, -0.25) is 9.20 Å². The van der Waals surface area contributed by atoms with Gasteiger partial charge in [0.1, 0.15) is 34.6 Å². The average molecular weight is 486 g/mol. The highest BCUT2D eigenvalue weighted by molar-refractivity contribution is 6.02. The quantitative estimate of drug-likeness (QED) is 0.395. The van der Waals surface area contributed by atoms with Gasteiger partial charge in [0.05, 0.1) is 19.0 Å². The van der Waals surface area contributed by atoms with Crippen LogP contribution in [0.5, 0.6) is 17.2 Å². The standard InChI is InChI=1S/C26H29F2N3O4/c1-30-8-5-18(6-9-30)34-19-7-10-31-20(15-29-24(31)14-19)17-12-22(33-2)25(21(32)11-16-3-4-16)23(13-17)35-26(27)28/h7,10,12-16,18,26H,3-6,8-9,11H2,1-2H3. The Morgan fingerprint density at radius 2 is 1.89 bits per heavy atom. The van der Waals surface area contributed by atoms with Crippen molar-refractivity contribution in [2.45, 2.75) is 44.8 Å². The lowest BCUT2D eigenvalue weighted by atomic mass is 10.00. The molecule has 9 heteroatoms. The third-order valence-electron chi connectivity index (χ3n) is 6.70. The highest BCUT2D eigenvalue weighted by Gasteiger charge is 2.30. The number of ketones is 1. The molecule has 0 atom stereocenters. The molecule has 2 fully saturated rings. The number of methoxy groups -OCH3 is 1. The summed E-state index contributed by atoms with van der Waals surface area (Å²) in [5, 5.41) is 0. The van der Waals surface area contributed by atoms with E-state index in [1.807, 2.05) is 22.7 Å². The Morgan fingerprint density at radius 1 is 1.14 bits per heavy atom. The van der Waals surface area contributed by atoms with Crippen molar-refractivity contribution in [2.75, 3.05) is 27.2 Å². The number of alkyl halides is 2. The summed E-state index contributed by atoms with van der Waals surface area (Å²) >= 11 is 0. The van der Waals surface area contributed by atoms with E-state index >= 15 is 0 Å². The number of aromatic nitrogens is 2. The number of ether oxygens (including phenoxy) is 3. The highest BCUT2D eigenvalue weighted by atomic mass is 19.3. The number of hydrogen-bond acceptors (Lipinski definition) is 6. The molecule has 3 aromatic rings. The molecule has 0 spiro atoms. The van der Waals surface area contributed by atoms with Crippen LogP contribution in [-0.4, -0.2) is 60.0 Å². The van der Waals surface area contributed by atoms with Crippen LogP contribution in [0.1, 0.15) is 42.5 Å². The molecular weight excluding hydrogens is 456 g/mol. The van der Waals surface area contributed by atoms with Crippen LogP contribution < -0.4 is 14.2 Å². The van der Waals surface area contributed by atoms with E-state index in [-0.39, 0.29) is 28.9 Å². The molecule has 0 bridgehead atoms. The number of pyridine rings is 1. The lowest BCUT2D eigenvalue weighted by molar-refractivity contribution is -0.0502. The molecule has 186 valence electrons. The molecule has 1 aromatic carbocycles. The SMILES string of the molecule is COc1cc(-c2cnc3cc(OC4CCN(C)CC4)ccn23)cc(OC(F)F)c1C(=O)CC1CC1. The van der Waals surface area contributed by atoms with Crippen molar-refractivity contribution in [3.63, 3.8) is 0 Å². The second kappa shape index (κ2) is 9.81. The Bertz CT molecular complexity index is 1220. The fraction of sp³-hybridized carbons (Fsp3) is 0.462. The summed E-state index contributed by atoms with van der Waals surface area (Å²) in [5.74, 6) is 0.819. The topological polar surface area (TPSA) is 65.3 Å². The maximum Gasteiger partial charge on any atom is 0.387 e. The lowest BCUT2D eigenvalue weighted by Gasteiger charge is -2.29. The van der Waals surface area contributed by atoms with Gasteiger partial charge in [-0.15, -0.1) is 0 Å². The number of piperidine rings is 1. The Kier molecular flexibility index (Phi) is 6.60. The van der Waals surface area contributed by atoms with Crippen LogP contribution in [0.15, 0.2) is 36.7 Å². The fourth-order valence-corrected chi connectivity index (χ4v) is 4.59. The number of benzene rings is 1. The van der Waals surface area contributed by atoms with E-state index in [2.05, 4.69) is 16.9 Å². The van der Waals surface area contributed by atoms with Crippen molar-refractivity contribution in [1.82, 2.24) is 14.3 Å². The van der Waals surface area contributed by atoms with E-state index < -0.39 is 6.61 Å². The number of nitrogens with zero attached hydrogens (tertiary/aromatic N) is 3. The zero-order valence-corrected chi connectivity index (χ0v) is 19.9. The van der Waals surface area contributed by atoms with Gasteiger partial charge in [-0.1, -0.05) is 0 Å². The number of halogens is 2. The summed E-state index contributed by atoms with van der Waals surface area (Å²) in [6.45, 7) is -1.06. The van der Waals surface area contributed by atoms with Gasteiger partial charge in [-0.05, 0) is 56.8 Å². The molecule has 0 amide bonds. The van der Waals surface area contributed by atoms with Gasteiger partial charge in [0.25, 0.3) is 0 Å². The normalized spacial score (nSPS) is 17.2. The van der Waals surface area contributed by atoms with Crippen molar-refractivity contribution in [2.24, 2.45) is 5.92 Å². The zero-order chi connectivity index (χ0) is 24.5. The first-order chi connectivity index (χ1) is 16.9. The van der Waals surface area contributed by atoms with E-state index in [1.54, 1.807) is 12.3 Å². The highest BCUT2D eigenvalue weighted by Crippen LogP contribution is 2.40. The van der Waals surface area contributed by atoms with Crippen LogP contribution in [0.2, 0.25) is 0 Å². The average Bonchev–Trinajstić information content (AvgIpc) is 3.54. The summed E-state index contributed by atoms with van der Waals surface area (Å²) in [6, 6.07) is 6.87. The number of hydrogen-bond donors (Lipinski definition) is 0. The third kappa shape index (κ3) is 5.24. The number of fused-ring (bicyclic) bond motifs is 1. The number of carbonyl (C=O) groups is 1. The first-order valence-corrected chi connectivity index (χ1v) is 11.9. The molecule has 1 saturated carbocycles. The summed E-state index contributed by atoms with van der Waals surface area (Å²) < 4.78 is 44.7. The minimum Gasteiger partial charge on any atom is -0.496 e. The van der Waals surface area contributed by atoms with Crippen molar-refractivity contribution in [3.8, 4) is 28.5 Å². The van der Waals surface area contributed by atoms with Crippen LogP contribution >= 0.6 is 0 Å². The summed E-state index contributed by atoms with van der Waals surface area (Å²) in [6.07, 6.45) is 7.85. The molecular formula is C26H29F2N3O4. The van der Waals surface area contributed by atoms with Gasteiger partial charge in [-0.2, -0.15) is 8.78 Å². The fourth-order valence-electron chi connectivity index (χ4n) is 4.59. The molecule has 7 nitrogen and oxygen atoms in total. The summed E-state index contributed by atoms with van der Waals surface area (Å²) in [4.78, 5) is 19.6. The molecule has 0 N–H and O–H groups in total. The predicted octanol–water partition coefficient (Wildman–Crippen LogP) is 5.07. The van der Waals surface area contributed by atoms with Gasteiger partial charge in [0.15, 0.2) is 5.78 Å². The maximum absolute atomic E-state index is 13.3. The smallest absolute Gasteiger partial charge is 0.387 e. The molecule has 0 radical (unpaired) electrons. The number of imidazole rings is 1. The molecule has 2 aromatic heterocycles. The van der Waals surface area contributed by atoms with Crippen molar-refractivity contribution >= 4 is 11.4 Å². The monoisotopic (exact) mass is 485 g/mol. The molecule has 1 aliphatic heterocycles. The molecule has 0 unspecified atom stereocenters. The minimum atomic E-state index is -3.07. The molecule has 1 saturated heterocycles. The second-order valence-electron chi connectivity index (χ2n) is 9.36. The molecule has 2 aliphatic rings. The van der Waals surface area contributed by atoms with E-state index in [9.17, 15) is 13.6 Å².